The van der Waals surface area contributed by atoms with Gasteiger partial charge in [-0.1, -0.05) is 29.8 Å². The average Bonchev–Trinajstić information content (AvgIpc) is 3.23. The number of aryl methyl sites for hydroxylation is 3. The molecule has 0 N–H and O–H groups in total. The lowest BCUT2D eigenvalue weighted by molar-refractivity contribution is 0.552. The summed E-state index contributed by atoms with van der Waals surface area (Å²) in [4.78, 5) is 11.5. The summed E-state index contributed by atoms with van der Waals surface area (Å²) >= 11 is 8.30. The van der Waals surface area contributed by atoms with Gasteiger partial charge in [0.25, 0.3) is 0 Å². The molecule has 0 aliphatic heterocycles. The summed E-state index contributed by atoms with van der Waals surface area (Å²) < 4.78 is 0. The van der Waals surface area contributed by atoms with Crippen LogP contribution in [0.3, 0.4) is 0 Å². The van der Waals surface area contributed by atoms with Gasteiger partial charge in [-0.25, -0.2) is 9.98 Å². The molecular weight excluding hydrogens is 445 g/mol. The number of fused-ring (bicyclic) bond motifs is 1. The molecule has 4 rings (SSSR count). The summed E-state index contributed by atoms with van der Waals surface area (Å²) in [6, 6.07) is 11.0. The van der Waals surface area contributed by atoms with Crippen molar-refractivity contribution in [1.29, 1.82) is 0 Å². The molecule has 0 amide bonds. The van der Waals surface area contributed by atoms with Crippen LogP contribution in [0, 0.1) is 6.92 Å². The zero-order chi connectivity index (χ0) is 21.1. The fourth-order valence-corrected chi connectivity index (χ4v) is 4.88. The summed E-state index contributed by atoms with van der Waals surface area (Å²) in [7, 11) is 2.01. The maximum atomic E-state index is 6.59. The van der Waals surface area contributed by atoms with Crippen LogP contribution in [0.2, 0.25) is 5.02 Å². The molecule has 6 heteroatoms. The Morgan fingerprint density at radius 2 is 1.94 bits per heavy atom. The molecule has 0 radical (unpaired) electrons. The lowest BCUT2D eigenvalue weighted by atomic mass is 9.90. The van der Waals surface area contributed by atoms with Crippen molar-refractivity contribution in [1.82, 2.24) is 9.88 Å². The number of thiazole rings is 1. The van der Waals surface area contributed by atoms with E-state index in [9.17, 15) is 0 Å². The first-order chi connectivity index (χ1) is 14.5. The van der Waals surface area contributed by atoms with Crippen LogP contribution in [-0.4, -0.2) is 29.8 Å². The van der Waals surface area contributed by atoms with Gasteiger partial charge in [-0.3, -0.25) is 0 Å². The molecule has 1 heterocycles. The number of nitrogens with zero attached hydrogens (tertiary/aromatic N) is 3. The second-order valence-electron chi connectivity index (χ2n) is 8.04. The summed E-state index contributed by atoms with van der Waals surface area (Å²) in [5.41, 5.74) is 8.44. The van der Waals surface area contributed by atoms with Crippen LogP contribution in [0.4, 0.5) is 5.69 Å². The molecule has 0 spiro atoms. The second kappa shape index (κ2) is 10.6. The molecule has 0 bridgehead atoms. The van der Waals surface area contributed by atoms with Gasteiger partial charge in [-0.05, 0) is 73.9 Å². The van der Waals surface area contributed by atoms with E-state index in [0.29, 0.717) is 0 Å². The Hall–Kier alpha value is -1.88. The van der Waals surface area contributed by atoms with E-state index >= 15 is 0 Å². The van der Waals surface area contributed by atoms with Crippen molar-refractivity contribution >= 4 is 47.4 Å². The molecule has 0 fully saturated rings. The normalized spacial score (nSPS) is 13.2. The highest BCUT2D eigenvalue weighted by atomic mass is 35.5. The molecule has 1 aromatic heterocycles. The highest BCUT2D eigenvalue weighted by molar-refractivity contribution is 7.10. The molecule has 0 atom stereocenters. The number of aliphatic imine (C=N–C) groups is 1. The molecule has 1 aliphatic rings. The Morgan fingerprint density at radius 1 is 1.16 bits per heavy atom. The van der Waals surface area contributed by atoms with Crippen molar-refractivity contribution in [3.8, 4) is 11.3 Å². The molecule has 1 aliphatic carbocycles. The van der Waals surface area contributed by atoms with Crippen LogP contribution in [-0.2, 0) is 19.3 Å². The summed E-state index contributed by atoms with van der Waals surface area (Å²) in [6.07, 6.45) is 7.61. The molecule has 31 heavy (non-hydrogen) atoms. The largest absolute Gasteiger partial charge is 0.366 e. The van der Waals surface area contributed by atoms with Crippen LogP contribution in [0.5, 0.6) is 0 Å². The highest BCUT2D eigenvalue weighted by Gasteiger charge is 2.13. The van der Waals surface area contributed by atoms with Crippen LogP contribution in [0.25, 0.3) is 11.3 Å². The first-order valence-electron chi connectivity index (χ1n) is 10.6. The Balaban J connectivity index is 0.00000272. The topological polar surface area (TPSA) is 28.5 Å². The van der Waals surface area contributed by atoms with E-state index in [1.165, 1.54) is 42.4 Å². The van der Waals surface area contributed by atoms with Gasteiger partial charge in [0, 0.05) is 36.0 Å². The van der Waals surface area contributed by atoms with Crippen molar-refractivity contribution in [2.75, 3.05) is 13.6 Å². The van der Waals surface area contributed by atoms with Crippen molar-refractivity contribution < 1.29 is 0 Å². The second-order valence-corrected chi connectivity index (χ2v) is 9.39. The molecule has 0 saturated heterocycles. The zero-order valence-electron chi connectivity index (χ0n) is 18.3. The molecule has 164 valence electrons. The molecule has 3 nitrogen and oxygen atoms in total. The van der Waals surface area contributed by atoms with Crippen molar-refractivity contribution in [2.45, 2.75) is 46.0 Å². The lowest BCUT2D eigenvalue weighted by Crippen LogP contribution is -2.14. The number of halogens is 2. The number of hydrogen-bond acceptors (Lipinski definition) is 3. The smallest absolute Gasteiger partial charge is 0.0977 e. The first-order valence-corrected chi connectivity index (χ1v) is 11.9. The fraction of sp³-hybridized carbons (Fsp3) is 0.360. The number of hydrogen-bond donors (Lipinski definition) is 0. The highest BCUT2D eigenvalue weighted by Crippen LogP contribution is 2.32. The van der Waals surface area contributed by atoms with Crippen molar-refractivity contribution in [3.05, 3.63) is 68.0 Å². The predicted molar refractivity (Wildman–Crippen MR) is 137 cm³/mol. The van der Waals surface area contributed by atoms with Gasteiger partial charge >= 0.3 is 0 Å². The third-order valence-electron chi connectivity index (χ3n) is 5.80. The van der Waals surface area contributed by atoms with Crippen LogP contribution < -0.4 is 0 Å². The van der Waals surface area contributed by atoms with Crippen molar-refractivity contribution in [2.24, 2.45) is 4.99 Å². The van der Waals surface area contributed by atoms with Gasteiger partial charge in [0.05, 0.1) is 22.7 Å². The lowest BCUT2D eigenvalue weighted by Gasteiger charge is -2.16. The monoisotopic (exact) mass is 473 g/mol. The summed E-state index contributed by atoms with van der Waals surface area (Å²) in [6.45, 7) is 5.10. The Morgan fingerprint density at radius 3 is 2.71 bits per heavy atom. The van der Waals surface area contributed by atoms with Crippen LogP contribution in [0.15, 0.2) is 40.7 Å². The molecule has 2 aromatic carbocycles. The van der Waals surface area contributed by atoms with Crippen molar-refractivity contribution in [3.63, 3.8) is 0 Å². The summed E-state index contributed by atoms with van der Waals surface area (Å²) in [5.74, 6) is 0. The fourth-order valence-electron chi connectivity index (χ4n) is 3.83. The predicted octanol–water partition coefficient (Wildman–Crippen LogP) is 7.27. The molecule has 0 unspecified atom stereocenters. The SMILES string of the molecule is CCN(C)C=Nc1cc(Cl)c(Cc2nc(-c3ccc4c(c3)CCCC4)cs2)cc1C.Cl. The minimum absolute atomic E-state index is 0. The number of benzene rings is 2. The Kier molecular flexibility index (Phi) is 8.15. The molecule has 3 aromatic rings. The van der Waals surface area contributed by atoms with E-state index in [1.54, 1.807) is 11.3 Å². The first kappa shape index (κ1) is 23.8. The minimum atomic E-state index is 0. The van der Waals surface area contributed by atoms with Gasteiger partial charge in [-0.15, -0.1) is 23.7 Å². The van der Waals surface area contributed by atoms with E-state index in [2.05, 4.69) is 48.5 Å². The van der Waals surface area contributed by atoms with Crippen LogP contribution >= 0.6 is 35.3 Å². The van der Waals surface area contributed by atoms with Gasteiger partial charge in [0.2, 0.25) is 0 Å². The van der Waals surface area contributed by atoms with Gasteiger partial charge in [-0.2, -0.15) is 0 Å². The van der Waals surface area contributed by atoms with Gasteiger partial charge < -0.3 is 4.90 Å². The minimum Gasteiger partial charge on any atom is -0.366 e. The van der Waals surface area contributed by atoms with E-state index in [-0.39, 0.29) is 12.4 Å². The molecule has 0 saturated carbocycles. The maximum Gasteiger partial charge on any atom is 0.0977 e. The Labute approximate surface area is 200 Å². The summed E-state index contributed by atoms with van der Waals surface area (Å²) in [5, 5.41) is 4.00. The maximum absolute atomic E-state index is 6.59. The quantitative estimate of drug-likeness (QED) is 0.278. The average molecular weight is 475 g/mol. The number of rotatable bonds is 6. The van der Waals surface area contributed by atoms with Crippen LogP contribution in [0.1, 0.15) is 47.0 Å². The van der Waals surface area contributed by atoms with E-state index in [1.807, 2.05) is 24.4 Å². The van der Waals surface area contributed by atoms with Gasteiger partial charge in [0.15, 0.2) is 0 Å². The zero-order valence-corrected chi connectivity index (χ0v) is 20.7. The van der Waals surface area contributed by atoms with E-state index in [0.717, 1.165) is 45.5 Å². The molecular formula is C25H29Cl2N3S. The number of aromatic nitrogens is 1. The third kappa shape index (κ3) is 5.68. The van der Waals surface area contributed by atoms with E-state index < -0.39 is 0 Å². The Bertz CT molecular complexity index is 1070. The van der Waals surface area contributed by atoms with E-state index in [4.69, 9.17) is 16.6 Å². The van der Waals surface area contributed by atoms with Gasteiger partial charge in [0.1, 0.15) is 0 Å². The third-order valence-corrected chi connectivity index (χ3v) is 7.00. The standard InChI is InChI=1S/C25H28ClN3S.ClH/c1-4-29(3)16-27-23-14-22(26)21(11-17(23)2)13-25-28-24(15-30-25)20-10-9-18-7-5-6-8-19(18)12-20;/h9-12,14-16H,4-8,13H2,1-3H3;1H.